The van der Waals surface area contributed by atoms with Crippen LogP contribution in [0.1, 0.15) is 20.0 Å². The molecule has 2 aromatic heterocycles. The van der Waals surface area contributed by atoms with Crippen LogP contribution in [0, 0.1) is 0 Å². The summed E-state index contributed by atoms with van der Waals surface area (Å²) >= 11 is 1.28. The second kappa shape index (κ2) is 6.85. The third kappa shape index (κ3) is 3.61. The minimum atomic E-state index is -0.549. The predicted molar refractivity (Wildman–Crippen MR) is 84.9 cm³/mol. The average Bonchev–Trinajstić information content (AvgIpc) is 3.12. The lowest BCUT2D eigenvalue weighted by atomic mass is 10.2. The van der Waals surface area contributed by atoms with Crippen LogP contribution < -0.4 is 9.47 Å². The summed E-state index contributed by atoms with van der Waals surface area (Å²) in [6, 6.07) is 13.0. The molecule has 0 amide bonds. The second-order valence-corrected chi connectivity index (χ2v) is 5.39. The standard InChI is InChI=1S/C17H11NO4S/c19-16(12-7-9-18-10-8-12)21-13-4-1-2-5-14(13)22-17(20)15-6-3-11-23-15/h1-11H. The Hall–Kier alpha value is -2.99. The van der Waals surface area contributed by atoms with Gasteiger partial charge < -0.3 is 9.47 Å². The van der Waals surface area contributed by atoms with Crippen molar-refractivity contribution in [1.29, 1.82) is 0 Å². The molecule has 0 aliphatic rings. The van der Waals surface area contributed by atoms with Gasteiger partial charge in [-0.1, -0.05) is 18.2 Å². The Morgan fingerprint density at radius 2 is 1.48 bits per heavy atom. The molecule has 0 saturated heterocycles. The van der Waals surface area contributed by atoms with Crippen molar-refractivity contribution >= 4 is 23.3 Å². The van der Waals surface area contributed by atoms with Crippen molar-refractivity contribution in [3.63, 3.8) is 0 Å². The molecule has 0 fully saturated rings. The highest BCUT2D eigenvalue weighted by atomic mass is 32.1. The molecule has 0 saturated carbocycles. The van der Waals surface area contributed by atoms with Crippen LogP contribution in [0.3, 0.4) is 0 Å². The molecule has 6 heteroatoms. The van der Waals surface area contributed by atoms with Gasteiger partial charge in [0, 0.05) is 12.4 Å². The number of pyridine rings is 1. The first-order valence-corrected chi connectivity index (χ1v) is 7.59. The summed E-state index contributed by atoms with van der Waals surface area (Å²) in [5.41, 5.74) is 0.361. The highest BCUT2D eigenvalue weighted by Gasteiger charge is 2.16. The van der Waals surface area contributed by atoms with Gasteiger partial charge in [0.2, 0.25) is 0 Å². The van der Waals surface area contributed by atoms with Gasteiger partial charge in [0.15, 0.2) is 11.5 Å². The molecule has 0 spiro atoms. The summed E-state index contributed by atoms with van der Waals surface area (Å²) in [4.78, 5) is 28.4. The topological polar surface area (TPSA) is 65.5 Å². The number of nitrogens with zero attached hydrogens (tertiary/aromatic N) is 1. The van der Waals surface area contributed by atoms with Gasteiger partial charge in [-0.2, -0.15) is 0 Å². The number of hydrogen-bond donors (Lipinski definition) is 0. The van der Waals surface area contributed by atoms with Crippen LogP contribution in [0.5, 0.6) is 11.5 Å². The van der Waals surface area contributed by atoms with E-state index in [-0.39, 0.29) is 11.5 Å². The van der Waals surface area contributed by atoms with Gasteiger partial charge in [0.1, 0.15) is 4.88 Å². The molecule has 0 aliphatic carbocycles. The summed E-state index contributed by atoms with van der Waals surface area (Å²) in [5, 5.41) is 1.78. The lowest BCUT2D eigenvalue weighted by Crippen LogP contribution is -2.11. The van der Waals surface area contributed by atoms with Crippen molar-refractivity contribution in [3.05, 3.63) is 76.7 Å². The lowest BCUT2D eigenvalue weighted by Gasteiger charge is -2.09. The van der Waals surface area contributed by atoms with Gasteiger partial charge in [0.25, 0.3) is 0 Å². The smallest absolute Gasteiger partial charge is 0.353 e. The van der Waals surface area contributed by atoms with Crippen LogP contribution in [0.4, 0.5) is 0 Å². The first-order valence-electron chi connectivity index (χ1n) is 6.71. The molecule has 1 aromatic carbocycles. The van der Waals surface area contributed by atoms with E-state index in [1.54, 1.807) is 53.9 Å². The van der Waals surface area contributed by atoms with Crippen LogP contribution in [0.25, 0.3) is 0 Å². The van der Waals surface area contributed by atoms with Crippen molar-refractivity contribution < 1.29 is 19.1 Å². The number of ether oxygens (including phenoxy) is 2. The fourth-order valence-corrected chi connectivity index (χ4v) is 2.41. The van der Waals surface area contributed by atoms with Crippen molar-refractivity contribution in [2.45, 2.75) is 0 Å². The van der Waals surface area contributed by atoms with Gasteiger partial charge in [-0.05, 0) is 35.7 Å². The summed E-state index contributed by atoms with van der Waals surface area (Å²) in [7, 11) is 0. The summed E-state index contributed by atoms with van der Waals surface area (Å²) < 4.78 is 10.6. The number of rotatable bonds is 4. The molecule has 114 valence electrons. The minimum absolute atomic E-state index is 0.180. The summed E-state index contributed by atoms with van der Waals surface area (Å²) in [5.74, 6) is -0.674. The minimum Gasteiger partial charge on any atom is -0.419 e. The number of hydrogen-bond acceptors (Lipinski definition) is 6. The predicted octanol–water partition coefficient (Wildman–Crippen LogP) is 3.58. The van der Waals surface area contributed by atoms with E-state index < -0.39 is 11.9 Å². The van der Waals surface area contributed by atoms with Crippen LogP contribution >= 0.6 is 11.3 Å². The van der Waals surface area contributed by atoms with Gasteiger partial charge in [-0.3, -0.25) is 4.98 Å². The van der Waals surface area contributed by atoms with Crippen LogP contribution in [-0.2, 0) is 0 Å². The number of carbonyl (C=O) groups is 2. The molecule has 2 heterocycles. The largest absolute Gasteiger partial charge is 0.419 e. The van der Waals surface area contributed by atoms with E-state index in [9.17, 15) is 9.59 Å². The third-order valence-corrected chi connectivity index (χ3v) is 3.74. The SMILES string of the molecule is O=C(Oc1ccccc1OC(=O)c1cccs1)c1ccncc1. The zero-order chi connectivity index (χ0) is 16.1. The molecule has 0 N–H and O–H groups in total. The number of para-hydroxylation sites is 2. The Kier molecular flexibility index (Phi) is 4.44. The molecule has 23 heavy (non-hydrogen) atoms. The van der Waals surface area contributed by atoms with Crippen LogP contribution in [0.2, 0.25) is 0 Å². The van der Waals surface area contributed by atoms with E-state index in [0.29, 0.717) is 10.4 Å². The van der Waals surface area contributed by atoms with E-state index >= 15 is 0 Å². The average molecular weight is 325 g/mol. The van der Waals surface area contributed by atoms with Crippen LogP contribution in [-0.4, -0.2) is 16.9 Å². The summed E-state index contributed by atoms with van der Waals surface area (Å²) in [6.45, 7) is 0. The van der Waals surface area contributed by atoms with Crippen molar-refractivity contribution in [1.82, 2.24) is 4.98 Å². The van der Waals surface area contributed by atoms with E-state index in [0.717, 1.165) is 0 Å². The van der Waals surface area contributed by atoms with E-state index in [4.69, 9.17) is 9.47 Å². The Labute approximate surface area is 136 Å². The molecule has 0 unspecified atom stereocenters. The Morgan fingerprint density at radius 3 is 2.09 bits per heavy atom. The normalized spacial score (nSPS) is 10.1. The molecular weight excluding hydrogens is 314 g/mol. The van der Waals surface area contributed by atoms with Gasteiger partial charge >= 0.3 is 11.9 Å². The monoisotopic (exact) mass is 325 g/mol. The maximum atomic E-state index is 12.1. The Balaban J connectivity index is 1.78. The first kappa shape index (κ1) is 14.9. The second-order valence-electron chi connectivity index (χ2n) is 4.44. The lowest BCUT2D eigenvalue weighted by molar-refractivity contribution is 0.0685. The molecule has 3 rings (SSSR count). The van der Waals surface area contributed by atoms with Crippen LogP contribution in [0.15, 0.2) is 66.3 Å². The quantitative estimate of drug-likeness (QED) is 0.542. The zero-order valence-electron chi connectivity index (χ0n) is 11.8. The fourth-order valence-electron chi connectivity index (χ4n) is 1.81. The first-order chi connectivity index (χ1) is 11.2. The Bertz CT molecular complexity index is 816. The van der Waals surface area contributed by atoms with Gasteiger partial charge in [0.05, 0.1) is 5.56 Å². The Morgan fingerprint density at radius 1 is 0.826 bits per heavy atom. The maximum absolute atomic E-state index is 12.1. The summed E-state index contributed by atoms with van der Waals surface area (Å²) in [6.07, 6.45) is 3.00. The van der Waals surface area contributed by atoms with E-state index in [1.807, 2.05) is 0 Å². The van der Waals surface area contributed by atoms with Crippen molar-refractivity contribution in [2.24, 2.45) is 0 Å². The van der Waals surface area contributed by atoms with E-state index in [2.05, 4.69) is 4.98 Å². The molecular formula is C17H11NO4S. The van der Waals surface area contributed by atoms with Crippen molar-refractivity contribution in [3.8, 4) is 11.5 Å². The molecule has 0 atom stereocenters. The number of thiophene rings is 1. The third-order valence-electron chi connectivity index (χ3n) is 2.89. The molecule has 0 radical (unpaired) electrons. The number of aromatic nitrogens is 1. The molecule has 0 bridgehead atoms. The number of carbonyl (C=O) groups excluding carboxylic acids is 2. The zero-order valence-corrected chi connectivity index (χ0v) is 12.7. The molecule has 0 aliphatic heterocycles. The molecule has 3 aromatic rings. The van der Waals surface area contributed by atoms with Gasteiger partial charge in [-0.25, -0.2) is 9.59 Å². The fraction of sp³-hybridized carbons (Fsp3) is 0. The highest BCUT2D eigenvalue weighted by molar-refractivity contribution is 7.12. The highest BCUT2D eigenvalue weighted by Crippen LogP contribution is 2.28. The van der Waals surface area contributed by atoms with E-state index in [1.165, 1.54) is 23.7 Å². The molecule has 5 nitrogen and oxygen atoms in total. The number of benzene rings is 1. The van der Waals surface area contributed by atoms with Gasteiger partial charge in [-0.15, -0.1) is 11.3 Å². The van der Waals surface area contributed by atoms with Crippen molar-refractivity contribution in [2.75, 3.05) is 0 Å². The number of esters is 2. The maximum Gasteiger partial charge on any atom is 0.353 e.